The Hall–Kier alpha value is -3.55. The molecule has 0 radical (unpaired) electrons. The lowest BCUT2D eigenvalue weighted by Crippen LogP contribution is -2.55. The first-order chi connectivity index (χ1) is 19.1. The molecule has 224 valence electrons. The molecule has 2 saturated heterocycles. The predicted molar refractivity (Wildman–Crippen MR) is 151 cm³/mol. The molecule has 1 aromatic carbocycles. The number of amides is 3. The zero-order valence-corrected chi connectivity index (χ0v) is 24.9. The van der Waals surface area contributed by atoms with E-state index < -0.39 is 41.1 Å². The summed E-state index contributed by atoms with van der Waals surface area (Å²) in [4.78, 5) is 43.7. The van der Waals surface area contributed by atoms with E-state index in [1.807, 2.05) is 25.7 Å². The van der Waals surface area contributed by atoms with Gasteiger partial charge in [-0.2, -0.15) is 5.26 Å². The van der Waals surface area contributed by atoms with E-state index in [0.717, 1.165) is 19.3 Å². The van der Waals surface area contributed by atoms with Gasteiger partial charge in [-0.15, -0.1) is 0 Å². The largest absolute Gasteiger partial charge is 0.444 e. The lowest BCUT2D eigenvalue weighted by molar-refractivity contribution is -0.128. The monoisotopic (exact) mass is 571 g/mol. The fraction of sp³-hybridized carbons (Fsp3) is 0.667. The first-order valence-corrected chi connectivity index (χ1v) is 14.4. The van der Waals surface area contributed by atoms with Crippen LogP contribution in [0, 0.1) is 23.1 Å². The molecule has 3 fully saturated rings. The minimum Gasteiger partial charge on any atom is -0.444 e. The number of likely N-dealkylation sites (tertiary alicyclic amines) is 1. The number of halogens is 1. The summed E-state index contributed by atoms with van der Waals surface area (Å²) >= 11 is 0. The summed E-state index contributed by atoms with van der Waals surface area (Å²) in [6, 6.07) is 5.21. The van der Waals surface area contributed by atoms with Gasteiger partial charge in [0.15, 0.2) is 0 Å². The first-order valence-electron chi connectivity index (χ1n) is 14.4. The summed E-state index contributed by atoms with van der Waals surface area (Å²) in [5.41, 5.74) is -0.264. The van der Waals surface area contributed by atoms with Crippen LogP contribution in [0.25, 0.3) is 0 Å². The van der Waals surface area contributed by atoms with Crippen molar-refractivity contribution in [2.45, 2.75) is 96.6 Å². The smallest absolute Gasteiger partial charge is 0.411 e. The van der Waals surface area contributed by atoms with Crippen LogP contribution in [0.3, 0.4) is 0 Å². The molecule has 10 nitrogen and oxygen atoms in total. The van der Waals surface area contributed by atoms with Gasteiger partial charge in [-0.25, -0.2) is 14.0 Å². The van der Waals surface area contributed by atoms with Crippen molar-refractivity contribution in [3.05, 3.63) is 29.6 Å². The minimum atomic E-state index is -0.958. The highest BCUT2D eigenvalue weighted by atomic mass is 19.1. The number of carbonyl (C=O) groups is 3. The highest BCUT2D eigenvalue weighted by molar-refractivity contribution is 5.87. The topological polar surface area (TPSA) is 115 Å². The lowest BCUT2D eigenvalue weighted by atomic mass is 9.97. The molecule has 3 amide bonds. The summed E-state index contributed by atoms with van der Waals surface area (Å²) in [5.74, 6) is -0.866. The van der Waals surface area contributed by atoms with E-state index in [1.165, 1.54) is 11.0 Å². The molecule has 2 heterocycles. The van der Waals surface area contributed by atoms with Gasteiger partial charge in [0.2, 0.25) is 5.91 Å². The van der Waals surface area contributed by atoms with Gasteiger partial charge in [0.05, 0.1) is 6.07 Å². The van der Waals surface area contributed by atoms with Crippen LogP contribution in [0.15, 0.2) is 18.2 Å². The van der Waals surface area contributed by atoms with Crippen molar-refractivity contribution in [1.29, 1.82) is 5.26 Å². The Balaban J connectivity index is 1.35. The molecule has 1 aromatic rings. The highest BCUT2D eigenvalue weighted by Gasteiger charge is 2.52. The van der Waals surface area contributed by atoms with Crippen molar-refractivity contribution in [3.63, 3.8) is 0 Å². The van der Waals surface area contributed by atoms with Gasteiger partial charge >= 0.3 is 12.2 Å². The normalized spacial score (nSPS) is 23.2. The number of nitrogens with zero attached hydrogens (tertiary/aromatic N) is 4. The van der Waals surface area contributed by atoms with E-state index in [4.69, 9.17) is 9.47 Å². The first kappa shape index (κ1) is 30.4. The number of benzene rings is 1. The number of nitriles is 1. The highest BCUT2D eigenvalue weighted by Crippen LogP contribution is 2.43. The van der Waals surface area contributed by atoms with Crippen molar-refractivity contribution < 1.29 is 28.2 Å². The van der Waals surface area contributed by atoms with E-state index in [1.54, 1.807) is 37.8 Å². The Morgan fingerprint density at radius 3 is 2.24 bits per heavy atom. The van der Waals surface area contributed by atoms with Crippen LogP contribution in [0.5, 0.6) is 0 Å². The molecule has 4 unspecified atom stereocenters. The molecule has 1 aliphatic carbocycles. The van der Waals surface area contributed by atoms with Gasteiger partial charge in [-0.05, 0) is 84.4 Å². The van der Waals surface area contributed by atoms with Crippen LogP contribution < -0.4 is 10.2 Å². The number of fused-ring (bicyclic) bond motifs is 2. The molecule has 0 aromatic heterocycles. The summed E-state index contributed by atoms with van der Waals surface area (Å²) in [7, 11) is 0. The Labute approximate surface area is 241 Å². The van der Waals surface area contributed by atoms with Gasteiger partial charge < -0.3 is 24.6 Å². The molecule has 2 bridgehead atoms. The van der Waals surface area contributed by atoms with Crippen LogP contribution in [0.2, 0.25) is 0 Å². The van der Waals surface area contributed by atoms with Gasteiger partial charge in [0.25, 0.3) is 0 Å². The van der Waals surface area contributed by atoms with Crippen molar-refractivity contribution in [2.24, 2.45) is 5.92 Å². The van der Waals surface area contributed by atoms with Crippen LogP contribution in [0.4, 0.5) is 19.7 Å². The number of rotatable bonds is 5. The molecular weight excluding hydrogens is 529 g/mol. The molecule has 4 rings (SSSR count). The zero-order valence-electron chi connectivity index (χ0n) is 24.9. The average molecular weight is 572 g/mol. The molecule has 1 saturated carbocycles. The predicted octanol–water partition coefficient (Wildman–Crippen LogP) is 4.22. The number of nitrogens with one attached hydrogen (secondary N) is 1. The number of ether oxygens (including phenoxy) is 2. The van der Waals surface area contributed by atoms with E-state index in [9.17, 15) is 19.6 Å². The number of hydrogen-bond donors (Lipinski definition) is 1. The van der Waals surface area contributed by atoms with E-state index in [-0.39, 0.29) is 24.5 Å². The molecule has 3 aliphatic rings. The summed E-state index contributed by atoms with van der Waals surface area (Å²) in [6.45, 7) is 12.8. The van der Waals surface area contributed by atoms with Gasteiger partial charge in [0, 0.05) is 44.3 Å². The third-order valence-corrected chi connectivity index (χ3v) is 7.69. The van der Waals surface area contributed by atoms with E-state index >= 15 is 4.39 Å². The fourth-order valence-electron chi connectivity index (χ4n) is 5.88. The summed E-state index contributed by atoms with van der Waals surface area (Å²) < 4.78 is 26.2. The number of piperidine rings is 1. The average Bonchev–Trinajstić information content (AvgIpc) is 3.49. The third-order valence-electron chi connectivity index (χ3n) is 7.69. The molecule has 41 heavy (non-hydrogen) atoms. The number of hydrogen-bond acceptors (Lipinski definition) is 7. The van der Waals surface area contributed by atoms with E-state index in [2.05, 4.69) is 11.4 Å². The number of carbonyl (C=O) groups excluding carboxylic acids is 3. The Morgan fingerprint density at radius 2 is 1.66 bits per heavy atom. The summed E-state index contributed by atoms with van der Waals surface area (Å²) in [6.07, 6.45) is 1.50. The second-order valence-electron chi connectivity index (χ2n) is 13.2. The zero-order chi connectivity index (χ0) is 30.1. The Bertz CT molecular complexity index is 1200. The minimum absolute atomic E-state index is 0.00592. The molecule has 11 heteroatoms. The van der Waals surface area contributed by atoms with Crippen LogP contribution in [-0.2, 0) is 20.7 Å². The fourth-order valence-corrected chi connectivity index (χ4v) is 5.88. The Kier molecular flexibility index (Phi) is 8.71. The molecule has 2 aliphatic heterocycles. The van der Waals surface area contributed by atoms with Crippen molar-refractivity contribution >= 4 is 23.8 Å². The number of piperazine rings is 1. The third kappa shape index (κ3) is 7.40. The van der Waals surface area contributed by atoms with Gasteiger partial charge in [-0.1, -0.05) is 6.07 Å². The quantitative estimate of drug-likeness (QED) is 0.563. The maximum Gasteiger partial charge on any atom is 0.411 e. The molecular formula is C30H42FN5O5. The standard InChI is InChI=1S/C30H42FN5O5/c1-29(2,3)40-27(38)35-13-11-34(12-14-35)22-9-7-19(24(31)17-22)15-21(18-32)33-26(37)25-20-8-10-23(16-20)36(25)28(39)41-30(4,5)6/h7,9,17,20-21,23,25H,8,10-16H2,1-6H3,(H,33,37). The maximum absolute atomic E-state index is 15.2. The Morgan fingerprint density at radius 1 is 1.02 bits per heavy atom. The van der Waals surface area contributed by atoms with Crippen LogP contribution in [0.1, 0.15) is 66.4 Å². The number of anilines is 1. The lowest BCUT2D eigenvalue weighted by Gasteiger charge is -2.36. The second-order valence-corrected chi connectivity index (χ2v) is 13.2. The van der Waals surface area contributed by atoms with Gasteiger partial charge in [-0.3, -0.25) is 9.69 Å². The molecule has 0 spiro atoms. The van der Waals surface area contributed by atoms with Crippen LogP contribution in [-0.4, -0.2) is 83.4 Å². The van der Waals surface area contributed by atoms with E-state index in [0.29, 0.717) is 37.4 Å². The summed E-state index contributed by atoms with van der Waals surface area (Å²) in [5, 5.41) is 12.5. The maximum atomic E-state index is 15.2. The van der Waals surface area contributed by atoms with Crippen LogP contribution >= 0.6 is 0 Å². The molecule has 4 atom stereocenters. The second kappa shape index (κ2) is 11.7. The SMILES string of the molecule is CC(C)(C)OC(=O)N1CCN(c2ccc(CC(C#N)NC(=O)C3C4CCC(C4)N3C(=O)OC(C)(C)C)c(F)c2)CC1. The van der Waals surface area contributed by atoms with Gasteiger partial charge in [0.1, 0.15) is 29.1 Å². The molecule has 1 N–H and O–H groups in total. The van der Waals surface area contributed by atoms with Crippen molar-refractivity contribution in [1.82, 2.24) is 15.1 Å². The van der Waals surface area contributed by atoms with Crippen molar-refractivity contribution in [2.75, 3.05) is 31.1 Å². The van der Waals surface area contributed by atoms with Crippen molar-refractivity contribution in [3.8, 4) is 6.07 Å².